The molecular weight excluding hydrogens is 206 g/mol. The molecular formula is C16H17N. The minimum Gasteiger partial charge on any atom is -0.377 e. The molecule has 17 heavy (non-hydrogen) atoms. The van der Waals surface area contributed by atoms with E-state index in [0.717, 1.165) is 0 Å². The maximum Gasteiger partial charge on any atom is 0.0434 e. The zero-order chi connectivity index (χ0) is 12.1. The van der Waals surface area contributed by atoms with E-state index in [-0.39, 0.29) is 0 Å². The molecule has 0 aliphatic heterocycles. The Bertz CT molecular complexity index is 498. The van der Waals surface area contributed by atoms with E-state index in [4.69, 9.17) is 0 Å². The van der Waals surface area contributed by atoms with Crippen molar-refractivity contribution in [2.24, 2.45) is 0 Å². The molecule has 2 aromatic rings. The van der Waals surface area contributed by atoms with Gasteiger partial charge in [0.1, 0.15) is 0 Å². The fraction of sp³-hybridized carbons (Fsp3) is 0.125. The average Bonchev–Trinajstić information content (AvgIpc) is 2.38. The van der Waals surface area contributed by atoms with E-state index in [1.54, 1.807) is 0 Å². The monoisotopic (exact) mass is 223 g/mol. The van der Waals surface area contributed by atoms with Gasteiger partial charge in [-0.25, -0.2) is 0 Å². The summed E-state index contributed by atoms with van der Waals surface area (Å²) in [6, 6.07) is 18.7. The molecule has 0 aliphatic carbocycles. The molecule has 0 heterocycles. The van der Waals surface area contributed by atoms with Crippen LogP contribution in [0, 0.1) is 0 Å². The molecule has 1 nitrogen and oxygen atoms in total. The number of anilines is 1. The van der Waals surface area contributed by atoms with Crippen LogP contribution in [-0.2, 0) is 0 Å². The summed E-state index contributed by atoms with van der Waals surface area (Å²) in [6.45, 7) is 0. The van der Waals surface area contributed by atoms with Gasteiger partial charge in [0, 0.05) is 19.8 Å². The molecule has 0 aliphatic rings. The highest BCUT2D eigenvalue weighted by Crippen LogP contribution is 2.20. The van der Waals surface area contributed by atoms with Gasteiger partial charge in [-0.3, -0.25) is 0 Å². The van der Waals surface area contributed by atoms with Crippen LogP contribution in [0.3, 0.4) is 0 Å². The molecule has 0 unspecified atom stereocenters. The summed E-state index contributed by atoms with van der Waals surface area (Å²) >= 11 is 0. The van der Waals surface area contributed by atoms with Gasteiger partial charge in [0.05, 0.1) is 0 Å². The number of nitrogens with zero attached hydrogens (tertiary/aromatic N) is 1. The summed E-state index contributed by atoms with van der Waals surface area (Å²) in [7, 11) is 4.13. The van der Waals surface area contributed by atoms with Crippen LogP contribution in [0.2, 0.25) is 0 Å². The first-order valence-corrected chi connectivity index (χ1v) is 5.77. The van der Waals surface area contributed by atoms with Gasteiger partial charge < -0.3 is 4.90 Å². The Morgan fingerprint density at radius 3 is 2.12 bits per heavy atom. The second-order valence-electron chi connectivity index (χ2n) is 4.20. The third kappa shape index (κ3) is 2.97. The number of benzene rings is 2. The fourth-order valence-electron chi connectivity index (χ4n) is 1.79. The topological polar surface area (TPSA) is 3.24 Å². The predicted octanol–water partition coefficient (Wildman–Crippen LogP) is 3.92. The first-order chi connectivity index (χ1) is 8.27. The van der Waals surface area contributed by atoms with E-state index in [0.29, 0.717) is 0 Å². The Morgan fingerprint density at radius 2 is 1.41 bits per heavy atom. The summed E-state index contributed by atoms with van der Waals surface area (Å²) in [5, 5.41) is 0. The molecule has 0 fully saturated rings. The highest BCUT2D eigenvalue weighted by molar-refractivity contribution is 5.76. The second kappa shape index (κ2) is 5.35. The van der Waals surface area contributed by atoms with E-state index >= 15 is 0 Å². The number of hydrogen-bond donors (Lipinski definition) is 0. The molecule has 0 aromatic heterocycles. The van der Waals surface area contributed by atoms with Crippen molar-refractivity contribution in [2.45, 2.75) is 0 Å². The Kier molecular flexibility index (Phi) is 3.61. The van der Waals surface area contributed by atoms with Gasteiger partial charge in [-0.2, -0.15) is 0 Å². The van der Waals surface area contributed by atoms with Crippen molar-refractivity contribution in [3.05, 3.63) is 65.7 Å². The van der Waals surface area contributed by atoms with Crippen molar-refractivity contribution in [3.8, 4) is 0 Å². The smallest absolute Gasteiger partial charge is 0.0434 e. The highest BCUT2D eigenvalue weighted by atomic mass is 15.1. The minimum atomic E-state index is 1.22. The van der Waals surface area contributed by atoms with Crippen molar-refractivity contribution in [3.63, 3.8) is 0 Å². The molecule has 2 aromatic carbocycles. The largest absolute Gasteiger partial charge is 0.377 e. The predicted molar refractivity (Wildman–Crippen MR) is 76.1 cm³/mol. The van der Waals surface area contributed by atoms with Crippen LogP contribution in [0.5, 0.6) is 0 Å². The number of rotatable bonds is 3. The SMILES string of the molecule is CN(C)c1ccccc1/C=C/c1ccccc1. The summed E-state index contributed by atoms with van der Waals surface area (Å²) in [5.74, 6) is 0. The summed E-state index contributed by atoms with van der Waals surface area (Å²) in [6.07, 6.45) is 4.30. The van der Waals surface area contributed by atoms with Crippen LogP contribution in [-0.4, -0.2) is 14.1 Å². The second-order valence-corrected chi connectivity index (χ2v) is 4.20. The van der Waals surface area contributed by atoms with Gasteiger partial charge in [0.15, 0.2) is 0 Å². The molecule has 0 radical (unpaired) electrons. The van der Waals surface area contributed by atoms with Gasteiger partial charge in [0.2, 0.25) is 0 Å². The highest BCUT2D eigenvalue weighted by Gasteiger charge is 1.99. The number of hydrogen-bond acceptors (Lipinski definition) is 1. The van der Waals surface area contributed by atoms with E-state index in [9.17, 15) is 0 Å². The maximum atomic E-state index is 2.16. The summed E-state index contributed by atoms with van der Waals surface area (Å²) in [4.78, 5) is 2.13. The van der Waals surface area contributed by atoms with Crippen LogP contribution in [0.15, 0.2) is 54.6 Å². The minimum absolute atomic E-state index is 1.22. The van der Waals surface area contributed by atoms with Gasteiger partial charge >= 0.3 is 0 Å². The first kappa shape index (κ1) is 11.5. The van der Waals surface area contributed by atoms with Gasteiger partial charge in [0.25, 0.3) is 0 Å². The standard InChI is InChI=1S/C16H17N/c1-17(2)16-11-7-6-10-15(16)13-12-14-8-4-3-5-9-14/h3-13H,1-2H3/b13-12+. The quantitative estimate of drug-likeness (QED) is 0.713. The van der Waals surface area contributed by atoms with Crippen LogP contribution in [0.25, 0.3) is 12.2 Å². The first-order valence-electron chi connectivity index (χ1n) is 5.77. The zero-order valence-corrected chi connectivity index (χ0v) is 10.3. The van der Waals surface area contributed by atoms with Gasteiger partial charge in [-0.1, -0.05) is 60.7 Å². The van der Waals surface area contributed by atoms with E-state index < -0.39 is 0 Å². The van der Waals surface area contributed by atoms with Crippen LogP contribution < -0.4 is 4.90 Å². The molecule has 0 saturated carbocycles. The molecule has 0 spiro atoms. The average molecular weight is 223 g/mol. The Labute approximate surface area is 103 Å². The van der Waals surface area contributed by atoms with E-state index in [1.165, 1.54) is 16.8 Å². The molecule has 86 valence electrons. The molecule has 1 heteroatoms. The Balaban J connectivity index is 2.27. The van der Waals surface area contributed by atoms with Crippen molar-refractivity contribution in [1.82, 2.24) is 0 Å². The Hall–Kier alpha value is -2.02. The fourth-order valence-corrected chi connectivity index (χ4v) is 1.79. The van der Waals surface area contributed by atoms with E-state index in [2.05, 4.69) is 79.7 Å². The van der Waals surface area contributed by atoms with Gasteiger partial charge in [-0.05, 0) is 17.2 Å². The van der Waals surface area contributed by atoms with E-state index in [1.807, 2.05) is 6.07 Å². The summed E-state index contributed by atoms with van der Waals surface area (Å²) in [5.41, 5.74) is 3.70. The van der Waals surface area contributed by atoms with Crippen molar-refractivity contribution < 1.29 is 0 Å². The van der Waals surface area contributed by atoms with Crippen LogP contribution >= 0.6 is 0 Å². The number of para-hydroxylation sites is 1. The van der Waals surface area contributed by atoms with Crippen LogP contribution in [0.1, 0.15) is 11.1 Å². The van der Waals surface area contributed by atoms with Crippen LogP contribution in [0.4, 0.5) is 5.69 Å². The molecule has 0 bridgehead atoms. The summed E-state index contributed by atoms with van der Waals surface area (Å²) < 4.78 is 0. The molecule has 0 N–H and O–H groups in total. The normalized spacial score (nSPS) is 10.7. The lowest BCUT2D eigenvalue weighted by Crippen LogP contribution is -2.09. The third-order valence-electron chi connectivity index (χ3n) is 2.67. The lowest BCUT2D eigenvalue weighted by atomic mass is 10.1. The van der Waals surface area contributed by atoms with Crippen molar-refractivity contribution in [2.75, 3.05) is 19.0 Å². The molecule has 0 atom stereocenters. The lowest BCUT2D eigenvalue weighted by molar-refractivity contribution is 1.13. The molecule has 0 saturated heterocycles. The van der Waals surface area contributed by atoms with Gasteiger partial charge in [-0.15, -0.1) is 0 Å². The molecule has 0 amide bonds. The van der Waals surface area contributed by atoms with Crippen molar-refractivity contribution in [1.29, 1.82) is 0 Å². The third-order valence-corrected chi connectivity index (χ3v) is 2.67. The zero-order valence-electron chi connectivity index (χ0n) is 10.3. The maximum absolute atomic E-state index is 2.16. The lowest BCUT2D eigenvalue weighted by Gasteiger charge is -2.15. The van der Waals surface area contributed by atoms with Crippen molar-refractivity contribution >= 4 is 17.8 Å². The Morgan fingerprint density at radius 1 is 0.765 bits per heavy atom. The molecule has 2 rings (SSSR count).